The monoisotopic (exact) mass is 247 g/mol. The highest BCUT2D eigenvalue weighted by molar-refractivity contribution is 5.94. The largest absolute Gasteiger partial charge is 0.370 e. The van der Waals surface area contributed by atoms with Gasteiger partial charge in [0.2, 0.25) is 0 Å². The van der Waals surface area contributed by atoms with Crippen molar-refractivity contribution in [1.82, 2.24) is 10.6 Å². The van der Waals surface area contributed by atoms with Crippen molar-refractivity contribution in [2.45, 2.75) is 13.3 Å². The summed E-state index contributed by atoms with van der Waals surface area (Å²) in [7, 11) is 0. The van der Waals surface area contributed by atoms with Crippen molar-refractivity contribution in [2.24, 2.45) is 0 Å². The molecule has 18 heavy (non-hydrogen) atoms. The predicted octanol–water partition coefficient (Wildman–Crippen LogP) is 1.24. The van der Waals surface area contributed by atoms with Crippen molar-refractivity contribution in [2.75, 3.05) is 37.6 Å². The molecule has 1 amide bonds. The van der Waals surface area contributed by atoms with Gasteiger partial charge < -0.3 is 15.5 Å². The molecule has 1 saturated heterocycles. The molecule has 0 atom stereocenters. The van der Waals surface area contributed by atoms with Gasteiger partial charge in [0.05, 0.1) is 0 Å². The number of carbonyl (C=O) groups excluding carboxylic acids is 1. The maximum atomic E-state index is 11.7. The molecule has 98 valence electrons. The molecule has 1 fully saturated rings. The third kappa shape index (κ3) is 3.23. The van der Waals surface area contributed by atoms with Crippen LogP contribution < -0.4 is 15.5 Å². The fraction of sp³-hybridized carbons (Fsp3) is 0.500. The van der Waals surface area contributed by atoms with Gasteiger partial charge in [0, 0.05) is 37.4 Å². The summed E-state index contributed by atoms with van der Waals surface area (Å²) in [6.45, 7) is 6.81. The van der Waals surface area contributed by atoms with Crippen molar-refractivity contribution in [1.29, 1.82) is 0 Å². The maximum Gasteiger partial charge on any atom is 0.251 e. The quantitative estimate of drug-likeness (QED) is 0.844. The number of rotatable bonds is 3. The Kier molecular flexibility index (Phi) is 4.59. The zero-order valence-corrected chi connectivity index (χ0v) is 10.9. The molecular formula is C14H21N3O. The van der Waals surface area contributed by atoms with Crippen LogP contribution in [0.3, 0.4) is 0 Å². The lowest BCUT2D eigenvalue weighted by Crippen LogP contribution is -2.28. The Morgan fingerprint density at radius 3 is 2.78 bits per heavy atom. The zero-order valence-electron chi connectivity index (χ0n) is 10.9. The van der Waals surface area contributed by atoms with E-state index in [2.05, 4.69) is 15.5 Å². The van der Waals surface area contributed by atoms with Gasteiger partial charge in [-0.1, -0.05) is 0 Å². The Morgan fingerprint density at radius 1 is 1.28 bits per heavy atom. The van der Waals surface area contributed by atoms with E-state index in [1.165, 1.54) is 5.69 Å². The Bertz CT molecular complexity index is 381. The van der Waals surface area contributed by atoms with Crippen LogP contribution in [0, 0.1) is 0 Å². The first-order valence-corrected chi connectivity index (χ1v) is 6.65. The van der Waals surface area contributed by atoms with Gasteiger partial charge in [0.25, 0.3) is 5.91 Å². The second-order valence-electron chi connectivity index (χ2n) is 4.50. The number of nitrogens with zero attached hydrogens (tertiary/aromatic N) is 1. The Balaban J connectivity index is 2.04. The number of anilines is 1. The van der Waals surface area contributed by atoms with Crippen LogP contribution in [0.4, 0.5) is 5.69 Å². The van der Waals surface area contributed by atoms with Crippen LogP contribution in [0.5, 0.6) is 0 Å². The lowest BCUT2D eigenvalue weighted by molar-refractivity contribution is 0.0956. The average Bonchev–Trinajstić information content (AvgIpc) is 2.68. The Labute approximate surface area is 108 Å². The number of carbonyl (C=O) groups is 1. The van der Waals surface area contributed by atoms with E-state index in [0.717, 1.165) is 38.2 Å². The molecule has 1 heterocycles. The molecule has 1 aliphatic heterocycles. The minimum Gasteiger partial charge on any atom is -0.370 e. The summed E-state index contributed by atoms with van der Waals surface area (Å²) in [6, 6.07) is 7.88. The molecule has 4 heteroatoms. The molecule has 1 aromatic carbocycles. The topological polar surface area (TPSA) is 44.4 Å². The normalized spacial score (nSPS) is 16.2. The van der Waals surface area contributed by atoms with Crippen LogP contribution in [0.2, 0.25) is 0 Å². The van der Waals surface area contributed by atoms with Gasteiger partial charge in [-0.25, -0.2) is 0 Å². The second-order valence-corrected chi connectivity index (χ2v) is 4.50. The van der Waals surface area contributed by atoms with Crippen LogP contribution in [-0.2, 0) is 0 Å². The van der Waals surface area contributed by atoms with Gasteiger partial charge >= 0.3 is 0 Å². The smallest absolute Gasteiger partial charge is 0.251 e. The standard InChI is InChI=1S/C14H21N3O/c1-2-16-14(18)12-4-6-13(7-5-12)17-10-3-8-15-9-11-17/h4-7,15H,2-3,8-11H2,1H3,(H,16,18). The molecule has 2 rings (SSSR count). The van der Waals surface area contributed by atoms with E-state index >= 15 is 0 Å². The molecule has 0 radical (unpaired) electrons. The van der Waals surface area contributed by atoms with Gasteiger partial charge in [-0.2, -0.15) is 0 Å². The molecule has 0 aromatic heterocycles. The third-order valence-corrected chi connectivity index (χ3v) is 3.17. The van der Waals surface area contributed by atoms with Crippen LogP contribution in [0.15, 0.2) is 24.3 Å². The second kappa shape index (κ2) is 6.40. The van der Waals surface area contributed by atoms with Crippen molar-refractivity contribution < 1.29 is 4.79 Å². The molecule has 0 unspecified atom stereocenters. The molecular weight excluding hydrogens is 226 g/mol. The summed E-state index contributed by atoms with van der Waals surface area (Å²) in [5.74, 6) is 0.00147. The van der Waals surface area contributed by atoms with Gasteiger partial charge in [-0.3, -0.25) is 4.79 Å². The van der Waals surface area contributed by atoms with Gasteiger partial charge in [0.1, 0.15) is 0 Å². The van der Waals surface area contributed by atoms with Crippen molar-refractivity contribution in [3.8, 4) is 0 Å². The molecule has 4 nitrogen and oxygen atoms in total. The first-order valence-electron chi connectivity index (χ1n) is 6.65. The van der Waals surface area contributed by atoms with Crippen molar-refractivity contribution >= 4 is 11.6 Å². The van der Waals surface area contributed by atoms with E-state index < -0.39 is 0 Å². The lowest BCUT2D eigenvalue weighted by atomic mass is 10.1. The van der Waals surface area contributed by atoms with E-state index in [0.29, 0.717) is 6.54 Å². The first kappa shape index (κ1) is 12.9. The Hall–Kier alpha value is -1.55. The van der Waals surface area contributed by atoms with Gasteiger partial charge in [-0.15, -0.1) is 0 Å². The van der Waals surface area contributed by atoms with Crippen molar-refractivity contribution in [3.05, 3.63) is 29.8 Å². The lowest BCUT2D eigenvalue weighted by Gasteiger charge is -2.22. The van der Waals surface area contributed by atoms with Crippen molar-refractivity contribution in [3.63, 3.8) is 0 Å². The highest BCUT2D eigenvalue weighted by Crippen LogP contribution is 2.16. The number of benzene rings is 1. The molecule has 0 spiro atoms. The minimum absolute atomic E-state index is 0.00147. The van der Waals surface area contributed by atoms with Gasteiger partial charge in [0.15, 0.2) is 0 Å². The predicted molar refractivity (Wildman–Crippen MR) is 74.1 cm³/mol. The van der Waals surface area contributed by atoms with Crippen LogP contribution >= 0.6 is 0 Å². The molecule has 1 aliphatic rings. The van der Waals surface area contributed by atoms with E-state index in [4.69, 9.17) is 0 Å². The summed E-state index contributed by atoms with van der Waals surface area (Å²) in [5, 5.41) is 6.20. The molecule has 2 N–H and O–H groups in total. The summed E-state index contributed by atoms with van der Waals surface area (Å²) in [6.07, 6.45) is 1.16. The fourth-order valence-corrected chi connectivity index (χ4v) is 2.19. The summed E-state index contributed by atoms with van der Waals surface area (Å²) >= 11 is 0. The number of nitrogens with one attached hydrogen (secondary N) is 2. The average molecular weight is 247 g/mol. The highest BCUT2D eigenvalue weighted by Gasteiger charge is 2.10. The summed E-state index contributed by atoms with van der Waals surface area (Å²) in [4.78, 5) is 14.0. The summed E-state index contributed by atoms with van der Waals surface area (Å²) < 4.78 is 0. The SMILES string of the molecule is CCNC(=O)c1ccc(N2CCCNCC2)cc1. The first-order chi connectivity index (χ1) is 8.81. The number of amides is 1. The van der Waals surface area contributed by atoms with E-state index in [1.807, 2.05) is 31.2 Å². The third-order valence-electron chi connectivity index (χ3n) is 3.17. The summed E-state index contributed by atoms with van der Waals surface area (Å²) in [5.41, 5.74) is 1.93. The minimum atomic E-state index is 0.00147. The van der Waals surface area contributed by atoms with E-state index in [1.54, 1.807) is 0 Å². The van der Waals surface area contributed by atoms with Crippen LogP contribution in [-0.4, -0.2) is 38.6 Å². The number of hydrogen-bond acceptors (Lipinski definition) is 3. The molecule has 1 aromatic rings. The zero-order chi connectivity index (χ0) is 12.8. The fourth-order valence-electron chi connectivity index (χ4n) is 2.19. The maximum absolute atomic E-state index is 11.7. The molecule has 0 saturated carbocycles. The van der Waals surface area contributed by atoms with E-state index in [9.17, 15) is 4.79 Å². The van der Waals surface area contributed by atoms with E-state index in [-0.39, 0.29) is 5.91 Å². The number of hydrogen-bond donors (Lipinski definition) is 2. The highest BCUT2D eigenvalue weighted by atomic mass is 16.1. The van der Waals surface area contributed by atoms with Gasteiger partial charge in [-0.05, 0) is 44.2 Å². The molecule has 0 bridgehead atoms. The Morgan fingerprint density at radius 2 is 2.06 bits per heavy atom. The van der Waals surface area contributed by atoms with Crippen LogP contribution in [0.25, 0.3) is 0 Å². The van der Waals surface area contributed by atoms with Crippen LogP contribution in [0.1, 0.15) is 23.7 Å². The molecule has 0 aliphatic carbocycles.